The van der Waals surface area contributed by atoms with Gasteiger partial charge in [0.15, 0.2) is 5.65 Å². The number of aryl methyl sites for hydroxylation is 1. The Hall–Kier alpha value is -2.85. The molecule has 0 spiro atoms. The normalized spacial score (nSPS) is 21.0. The molecule has 1 unspecified atom stereocenters. The van der Waals surface area contributed by atoms with Crippen molar-refractivity contribution < 1.29 is 14.7 Å². The lowest BCUT2D eigenvalue weighted by molar-refractivity contribution is -0.178. The van der Waals surface area contributed by atoms with Crippen molar-refractivity contribution in [1.82, 2.24) is 29.4 Å². The van der Waals surface area contributed by atoms with Gasteiger partial charge in [-0.05, 0) is 63.5 Å². The highest BCUT2D eigenvalue weighted by molar-refractivity contribution is 5.77. The van der Waals surface area contributed by atoms with Crippen LogP contribution in [-0.4, -0.2) is 74.1 Å². The van der Waals surface area contributed by atoms with Crippen molar-refractivity contribution in [2.45, 2.75) is 84.7 Å². The molecule has 1 atom stereocenters. The first-order valence-corrected chi connectivity index (χ1v) is 15.1. The SMILES string of the molecule is CC=CC(=CC(C)CC)n1cc(-c2cnn3c(C)c(CC)c(C4CCC(CN(C)OC)(OCCO)CC4)nc23)cn1. The molecule has 224 valence electrons. The number of hydrogen-bond donors (Lipinski definition) is 1. The molecule has 0 saturated heterocycles. The third-order valence-corrected chi connectivity index (χ3v) is 8.59. The van der Waals surface area contributed by atoms with E-state index in [1.54, 1.807) is 7.11 Å². The number of aliphatic hydroxyl groups excluding tert-OH is 1. The summed E-state index contributed by atoms with van der Waals surface area (Å²) >= 11 is 0. The van der Waals surface area contributed by atoms with Gasteiger partial charge >= 0.3 is 0 Å². The number of aromatic nitrogens is 5. The van der Waals surface area contributed by atoms with Crippen LogP contribution in [-0.2, 0) is 16.0 Å². The highest BCUT2D eigenvalue weighted by atomic mass is 16.7. The maximum absolute atomic E-state index is 9.44. The Bertz CT molecular complexity index is 1350. The topological polar surface area (TPSA) is 89.9 Å². The molecule has 0 bridgehead atoms. The molecule has 0 aliphatic heterocycles. The van der Waals surface area contributed by atoms with Gasteiger partial charge < -0.3 is 14.7 Å². The Kier molecular flexibility index (Phi) is 10.5. The number of nitrogens with zero attached hydrogens (tertiary/aromatic N) is 6. The fourth-order valence-corrected chi connectivity index (χ4v) is 6.06. The monoisotopic (exact) mass is 564 g/mol. The second kappa shape index (κ2) is 13.9. The Labute approximate surface area is 244 Å². The summed E-state index contributed by atoms with van der Waals surface area (Å²) in [6.45, 7) is 11.8. The first-order chi connectivity index (χ1) is 19.8. The summed E-state index contributed by atoms with van der Waals surface area (Å²) in [5.74, 6) is 0.793. The van der Waals surface area contributed by atoms with Gasteiger partial charge in [-0.3, -0.25) is 0 Å². The first kappa shape index (κ1) is 31.1. The van der Waals surface area contributed by atoms with E-state index in [9.17, 15) is 5.11 Å². The predicted molar refractivity (Wildman–Crippen MR) is 163 cm³/mol. The van der Waals surface area contributed by atoms with Crippen LogP contribution < -0.4 is 0 Å². The number of likely N-dealkylation sites (N-methyl/N-ethyl adjacent to an activating group) is 1. The van der Waals surface area contributed by atoms with Crippen LogP contribution >= 0.6 is 0 Å². The minimum atomic E-state index is -0.334. The zero-order chi connectivity index (χ0) is 29.6. The second-order valence-corrected chi connectivity index (χ2v) is 11.4. The number of fused-ring (bicyclic) bond motifs is 1. The summed E-state index contributed by atoms with van der Waals surface area (Å²) < 4.78 is 10.2. The predicted octanol–water partition coefficient (Wildman–Crippen LogP) is 5.83. The Morgan fingerprint density at radius 3 is 2.63 bits per heavy atom. The molecule has 1 aliphatic carbocycles. The minimum absolute atomic E-state index is 0.0174. The highest BCUT2D eigenvalue weighted by Crippen LogP contribution is 2.42. The van der Waals surface area contributed by atoms with E-state index in [0.29, 0.717) is 25.0 Å². The number of hydrogen-bond acceptors (Lipinski definition) is 7. The number of ether oxygens (including phenoxy) is 1. The number of rotatable bonds is 13. The fraction of sp³-hybridized carbons (Fsp3) is 0.594. The fourth-order valence-electron chi connectivity index (χ4n) is 6.06. The van der Waals surface area contributed by atoms with E-state index in [0.717, 1.165) is 66.7 Å². The standard InChI is InChI=1S/C32H48N6O3/c1-8-11-27(18-23(4)9-2)37-21-26(19-33-37)29-20-34-38-24(5)28(10-3)30(35-31(29)38)25-12-14-32(15-13-25,41-17-16-39)22-36(6)40-7/h8,11,18-21,23,25,39H,9-10,12-17,22H2,1-7H3. The molecule has 9 heteroatoms. The molecule has 0 radical (unpaired) electrons. The molecule has 3 aromatic rings. The maximum atomic E-state index is 9.44. The van der Waals surface area contributed by atoms with Crippen LogP contribution in [0.3, 0.4) is 0 Å². The van der Waals surface area contributed by atoms with Crippen LogP contribution in [0.25, 0.3) is 22.5 Å². The Balaban J connectivity index is 1.68. The molecule has 1 fully saturated rings. The summed E-state index contributed by atoms with van der Waals surface area (Å²) in [5.41, 5.74) is 7.20. The van der Waals surface area contributed by atoms with Crippen molar-refractivity contribution in [2.75, 3.05) is 33.9 Å². The van der Waals surface area contributed by atoms with Crippen molar-refractivity contribution in [3.8, 4) is 11.1 Å². The first-order valence-electron chi connectivity index (χ1n) is 15.1. The van der Waals surface area contributed by atoms with Crippen LogP contribution in [0.5, 0.6) is 0 Å². The number of aliphatic hydroxyl groups is 1. The molecule has 3 aromatic heterocycles. The van der Waals surface area contributed by atoms with Crippen LogP contribution in [0.4, 0.5) is 0 Å². The van der Waals surface area contributed by atoms with Crippen LogP contribution in [0.15, 0.2) is 36.8 Å². The van der Waals surface area contributed by atoms with Gasteiger partial charge in [0.05, 0.1) is 56.3 Å². The molecule has 4 rings (SSSR count). The summed E-state index contributed by atoms with van der Waals surface area (Å²) in [4.78, 5) is 10.8. The molecule has 1 saturated carbocycles. The minimum Gasteiger partial charge on any atom is -0.394 e. The molecular formula is C32H48N6O3. The summed E-state index contributed by atoms with van der Waals surface area (Å²) in [6, 6.07) is 0. The molecule has 9 nitrogen and oxygen atoms in total. The van der Waals surface area contributed by atoms with Gasteiger partial charge in [0, 0.05) is 36.0 Å². The molecule has 1 N–H and O–H groups in total. The van der Waals surface area contributed by atoms with Gasteiger partial charge in [-0.25, -0.2) is 14.2 Å². The summed E-state index contributed by atoms with van der Waals surface area (Å²) in [5, 5.41) is 20.7. The van der Waals surface area contributed by atoms with Crippen molar-refractivity contribution in [1.29, 1.82) is 0 Å². The van der Waals surface area contributed by atoms with E-state index in [4.69, 9.17) is 24.8 Å². The van der Waals surface area contributed by atoms with Crippen molar-refractivity contribution in [3.05, 3.63) is 53.8 Å². The van der Waals surface area contributed by atoms with Crippen molar-refractivity contribution in [2.24, 2.45) is 5.92 Å². The lowest BCUT2D eigenvalue weighted by atomic mass is 9.76. The van der Waals surface area contributed by atoms with Crippen molar-refractivity contribution in [3.63, 3.8) is 0 Å². The van der Waals surface area contributed by atoms with Gasteiger partial charge in [0.25, 0.3) is 0 Å². The molecule has 0 aromatic carbocycles. The largest absolute Gasteiger partial charge is 0.394 e. The molecule has 0 amide bonds. The summed E-state index contributed by atoms with van der Waals surface area (Å²) in [7, 11) is 3.60. The third kappa shape index (κ3) is 6.80. The van der Waals surface area contributed by atoms with Crippen molar-refractivity contribution >= 4 is 11.3 Å². The average Bonchev–Trinajstić information content (AvgIpc) is 3.64. The van der Waals surface area contributed by atoms with E-state index >= 15 is 0 Å². The number of hydroxylamine groups is 2. The van der Waals surface area contributed by atoms with E-state index < -0.39 is 0 Å². The van der Waals surface area contributed by atoms with Gasteiger partial charge in [0.1, 0.15) is 0 Å². The second-order valence-electron chi connectivity index (χ2n) is 11.4. The number of allylic oxidation sites excluding steroid dienone is 4. The van der Waals surface area contributed by atoms with E-state index in [1.807, 2.05) is 40.6 Å². The van der Waals surface area contributed by atoms with Crippen LogP contribution in [0.2, 0.25) is 0 Å². The van der Waals surface area contributed by atoms with Gasteiger partial charge in [-0.2, -0.15) is 15.3 Å². The lowest BCUT2D eigenvalue weighted by Crippen LogP contribution is -2.46. The van der Waals surface area contributed by atoms with Gasteiger partial charge in [-0.1, -0.05) is 39.3 Å². The van der Waals surface area contributed by atoms with Gasteiger partial charge in [0.2, 0.25) is 0 Å². The quantitative estimate of drug-likeness (QED) is 0.206. The van der Waals surface area contributed by atoms with Crippen LogP contribution in [0.1, 0.15) is 82.7 Å². The Morgan fingerprint density at radius 1 is 1.24 bits per heavy atom. The molecular weight excluding hydrogens is 516 g/mol. The Morgan fingerprint density at radius 2 is 2.00 bits per heavy atom. The lowest BCUT2D eigenvalue weighted by Gasteiger charge is -2.42. The van der Waals surface area contributed by atoms with Gasteiger partial charge in [-0.15, -0.1) is 0 Å². The molecule has 1 aliphatic rings. The zero-order valence-electron chi connectivity index (χ0n) is 25.9. The van der Waals surface area contributed by atoms with Crippen LogP contribution in [0, 0.1) is 12.8 Å². The summed E-state index contributed by atoms with van der Waals surface area (Å²) in [6.07, 6.45) is 18.0. The molecule has 3 heterocycles. The average molecular weight is 565 g/mol. The smallest absolute Gasteiger partial charge is 0.163 e. The van der Waals surface area contributed by atoms with E-state index in [1.165, 1.54) is 11.3 Å². The maximum Gasteiger partial charge on any atom is 0.163 e. The van der Waals surface area contributed by atoms with E-state index in [2.05, 4.69) is 52.1 Å². The van der Waals surface area contributed by atoms with E-state index in [-0.39, 0.29) is 12.2 Å². The zero-order valence-corrected chi connectivity index (χ0v) is 25.9. The third-order valence-electron chi connectivity index (χ3n) is 8.59. The molecule has 41 heavy (non-hydrogen) atoms. The highest BCUT2D eigenvalue weighted by Gasteiger charge is 2.39.